The van der Waals surface area contributed by atoms with Crippen LogP contribution in [0.25, 0.3) is 0 Å². The van der Waals surface area contributed by atoms with Crippen molar-refractivity contribution in [3.05, 3.63) is 40.2 Å². The molecule has 1 aromatic heterocycles. The molecule has 3 heterocycles. The summed E-state index contributed by atoms with van der Waals surface area (Å²) in [4.78, 5) is 25.5. The number of piperidine rings is 2. The second-order valence-electron chi connectivity index (χ2n) is 8.82. The number of carbonyl (C=O) groups is 2. The first-order valence-corrected chi connectivity index (χ1v) is 14.4. The summed E-state index contributed by atoms with van der Waals surface area (Å²) in [7, 11) is -3.82. The average molecular weight is 598 g/mol. The number of carboxylic acids is 2. The molecular weight excluding hydrogens is 571 g/mol. The number of aliphatic carboxylic acids is 1. The molecule has 0 spiro atoms. The molecule has 38 heavy (non-hydrogen) atoms. The molecule has 2 aliphatic heterocycles. The first kappa shape index (κ1) is 30.0. The van der Waals surface area contributed by atoms with Gasteiger partial charge in [0.2, 0.25) is 0 Å². The van der Waals surface area contributed by atoms with Crippen LogP contribution in [0.1, 0.15) is 42.5 Å². The maximum atomic E-state index is 12.5. The van der Waals surface area contributed by atoms with Crippen LogP contribution in [-0.4, -0.2) is 73.9 Å². The fraction of sp³-hybridized carbons (Fsp3) is 0.478. The number of anilines is 2. The third kappa shape index (κ3) is 7.98. The molecule has 2 aromatic rings. The Morgan fingerprint density at radius 3 is 2.11 bits per heavy atom. The van der Waals surface area contributed by atoms with Crippen molar-refractivity contribution in [2.75, 3.05) is 35.8 Å². The second-order valence-corrected chi connectivity index (χ2v) is 12.4. The molecule has 210 valence electrons. The molecular formula is C23H27ClF3N3O6S2. The average Bonchev–Trinajstić information content (AvgIpc) is 3.32. The van der Waals surface area contributed by atoms with E-state index in [4.69, 9.17) is 21.5 Å². The lowest BCUT2D eigenvalue weighted by Gasteiger charge is -2.41. The van der Waals surface area contributed by atoms with Crippen molar-refractivity contribution in [1.29, 1.82) is 0 Å². The molecule has 0 unspecified atom stereocenters. The highest BCUT2D eigenvalue weighted by Crippen LogP contribution is 2.31. The summed E-state index contributed by atoms with van der Waals surface area (Å²) in [5.41, 5.74) is 0.946. The SMILES string of the molecule is O=C(O)C(F)(F)F.O=C(O)c1cc(NS(=O)(=O)c2ccc(Cl)s2)ccc1N1CCC(N2CCCCC2)CC1. The Labute approximate surface area is 226 Å². The van der Waals surface area contributed by atoms with E-state index in [2.05, 4.69) is 14.5 Å². The van der Waals surface area contributed by atoms with Crippen LogP contribution in [0.2, 0.25) is 4.34 Å². The summed E-state index contributed by atoms with van der Waals surface area (Å²) in [6.07, 6.45) is 0.767. The van der Waals surface area contributed by atoms with Crippen LogP contribution in [0.5, 0.6) is 0 Å². The number of nitrogens with one attached hydrogen (secondary N) is 1. The monoisotopic (exact) mass is 597 g/mol. The van der Waals surface area contributed by atoms with Crippen molar-refractivity contribution < 1.29 is 41.4 Å². The first-order chi connectivity index (χ1) is 17.8. The maximum Gasteiger partial charge on any atom is 0.490 e. The van der Waals surface area contributed by atoms with Gasteiger partial charge in [0, 0.05) is 24.8 Å². The number of rotatable bonds is 6. The van der Waals surface area contributed by atoms with Crippen LogP contribution in [-0.2, 0) is 14.8 Å². The van der Waals surface area contributed by atoms with E-state index in [0.717, 1.165) is 50.4 Å². The molecule has 0 atom stereocenters. The van der Waals surface area contributed by atoms with Crippen molar-refractivity contribution >= 4 is 56.3 Å². The zero-order chi connectivity index (χ0) is 28.1. The molecule has 0 aliphatic carbocycles. The van der Waals surface area contributed by atoms with E-state index < -0.39 is 28.1 Å². The highest BCUT2D eigenvalue weighted by molar-refractivity contribution is 7.94. The van der Waals surface area contributed by atoms with Crippen LogP contribution in [0, 0.1) is 0 Å². The minimum Gasteiger partial charge on any atom is -0.478 e. The maximum absolute atomic E-state index is 12.5. The zero-order valence-electron chi connectivity index (χ0n) is 20.1. The molecule has 2 saturated heterocycles. The van der Waals surface area contributed by atoms with Crippen molar-refractivity contribution in [3.8, 4) is 0 Å². The Bertz CT molecular complexity index is 1240. The second kappa shape index (κ2) is 12.5. The fourth-order valence-electron chi connectivity index (χ4n) is 4.45. The van der Waals surface area contributed by atoms with E-state index in [-0.39, 0.29) is 15.5 Å². The zero-order valence-corrected chi connectivity index (χ0v) is 22.5. The predicted octanol–water partition coefficient (Wildman–Crippen LogP) is 4.99. The number of likely N-dealkylation sites (tertiary alicyclic amines) is 1. The van der Waals surface area contributed by atoms with Crippen LogP contribution in [0.4, 0.5) is 24.5 Å². The number of halogens is 4. The molecule has 1 aromatic carbocycles. The van der Waals surface area contributed by atoms with Crippen molar-refractivity contribution in [3.63, 3.8) is 0 Å². The Balaban J connectivity index is 0.000000505. The van der Waals surface area contributed by atoms with Crippen molar-refractivity contribution in [2.24, 2.45) is 0 Å². The third-order valence-corrected chi connectivity index (χ3v) is 9.35. The summed E-state index contributed by atoms with van der Waals surface area (Å²) < 4.78 is 59.7. The van der Waals surface area contributed by atoms with Gasteiger partial charge in [-0.25, -0.2) is 18.0 Å². The van der Waals surface area contributed by atoms with E-state index in [0.29, 0.717) is 16.1 Å². The first-order valence-electron chi connectivity index (χ1n) is 11.7. The Morgan fingerprint density at radius 2 is 1.61 bits per heavy atom. The Hall–Kier alpha value is -2.55. The van der Waals surface area contributed by atoms with E-state index in [1.807, 2.05) is 0 Å². The summed E-state index contributed by atoms with van der Waals surface area (Å²) in [5.74, 6) is -3.83. The standard InChI is InChI=1S/C21H26ClN3O4S2.C2HF3O2/c22-19-6-7-20(30-19)31(28,29)23-15-4-5-18(17(14-15)21(26)27)25-12-8-16(9-13-25)24-10-2-1-3-11-24;3-2(4,5)1(6)7/h4-7,14,16,23H,1-3,8-13H2,(H,26,27);(H,6,7). The molecule has 9 nitrogen and oxygen atoms in total. The van der Waals surface area contributed by atoms with Gasteiger partial charge in [0.25, 0.3) is 10.0 Å². The summed E-state index contributed by atoms with van der Waals surface area (Å²) in [5, 5.41) is 16.9. The molecule has 15 heteroatoms. The van der Waals surface area contributed by atoms with Crippen LogP contribution in [0.15, 0.2) is 34.5 Å². The number of hydrogen-bond acceptors (Lipinski definition) is 7. The Morgan fingerprint density at radius 1 is 1.00 bits per heavy atom. The van der Waals surface area contributed by atoms with Crippen LogP contribution in [0.3, 0.4) is 0 Å². The van der Waals surface area contributed by atoms with Gasteiger partial charge >= 0.3 is 18.1 Å². The highest BCUT2D eigenvalue weighted by Gasteiger charge is 2.38. The number of hydrogen-bond donors (Lipinski definition) is 3. The summed E-state index contributed by atoms with van der Waals surface area (Å²) >= 11 is 6.79. The van der Waals surface area contributed by atoms with Crippen LogP contribution >= 0.6 is 22.9 Å². The lowest BCUT2D eigenvalue weighted by molar-refractivity contribution is -0.192. The minimum atomic E-state index is -5.08. The molecule has 2 aliphatic rings. The number of carboxylic acid groups (broad SMARTS) is 2. The van der Waals surface area contributed by atoms with Gasteiger partial charge in [0.05, 0.1) is 15.6 Å². The van der Waals surface area contributed by atoms with Crippen LogP contribution < -0.4 is 9.62 Å². The number of nitrogens with zero attached hydrogens (tertiary/aromatic N) is 2. The summed E-state index contributed by atoms with van der Waals surface area (Å²) in [6.45, 7) is 3.91. The van der Waals surface area contributed by atoms with Crippen molar-refractivity contribution in [1.82, 2.24) is 4.90 Å². The van der Waals surface area contributed by atoms with Gasteiger partial charge in [-0.15, -0.1) is 11.3 Å². The van der Waals surface area contributed by atoms with Crippen molar-refractivity contribution in [2.45, 2.75) is 48.5 Å². The molecule has 0 saturated carbocycles. The van der Waals surface area contributed by atoms with E-state index in [1.54, 1.807) is 12.1 Å². The number of aromatic carboxylic acids is 1. The van der Waals surface area contributed by atoms with Gasteiger partial charge < -0.3 is 20.0 Å². The van der Waals surface area contributed by atoms with Gasteiger partial charge in [0.1, 0.15) is 4.21 Å². The quantitative estimate of drug-likeness (QED) is 0.425. The third-order valence-electron chi connectivity index (χ3n) is 6.25. The van der Waals surface area contributed by atoms with Gasteiger partial charge in [-0.3, -0.25) is 4.72 Å². The van der Waals surface area contributed by atoms with Gasteiger partial charge in [-0.05, 0) is 69.1 Å². The normalized spacial score (nSPS) is 17.4. The molecule has 2 fully saturated rings. The summed E-state index contributed by atoms with van der Waals surface area (Å²) in [6, 6.07) is 8.21. The number of alkyl halides is 3. The van der Waals surface area contributed by atoms with Gasteiger partial charge in [0.15, 0.2) is 0 Å². The molecule has 3 N–H and O–H groups in total. The fourth-order valence-corrected chi connectivity index (χ4v) is 6.98. The lowest BCUT2D eigenvalue weighted by atomic mass is 9.98. The molecule has 0 bridgehead atoms. The number of sulfonamides is 1. The minimum absolute atomic E-state index is 0.0817. The Kier molecular flexibility index (Phi) is 9.90. The van der Waals surface area contributed by atoms with E-state index >= 15 is 0 Å². The van der Waals surface area contributed by atoms with E-state index in [9.17, 15) is 31.5 Å². The van der Waals surface area contributed by atoms with E-state index in [1.165, 1.54) is 37.5 Å². The number of benzene rings is 1. The number of thiophene rings is 1. The topological polar surface area (TPSA) is 127 Å². The van der Waals surface area contributed by atoms with Gasteiger partial charge in [-0.2, -0.15) is 13.2 Å². The highest BCUT2D eigenvalue weighted by atomic mass is 35.5. The largest absolute Gasteiger partial charge is 0.490 e. The van der Waals surface area contributed by atoms with Gasteiger partial charge in [-0.1, -0.05) is 18.0 Å². The molecule has 0 amide bonds. The molecule has 4 rings (SSSR count). The molecule has 0 radical (unpaired) electrons. The smallest absolute Gasteiger partial charge is 0.478 e. The lowest BCUT2D eigenvalue weighted by Crippen LogP contribution is -2.47. The predicted molar refractivity (Wildman–Crippen MR) is 138 cm³/mol.